The summed E-state index contributed by atoms with van der Waals surface area (Å²) in [5, 5.41) is 16.9. The molecule has 0 unspecified atom stereocenters. The van der Waals surface area contributed by atoms with Gasteiger partial charge in [-0.15, -0.1) is 0 Å². The number of rotatable bonds is 1. The third-order valence-corrected chi connectivity index (χ3v) is 1.17. The molecule has 0 aromatic carbocycles. The summed E-state index contributed by atoms with van der Waals surface area (Å²) in [5.74, 6) is -1.27. The zero-order valence-corrected chi connectivity index (χ0v) is 6.27. The molecule has 0 saturated heterocycles. The Labute approximate surface area is 68.3 Å². The number of nitrogens with zero attached hydrogens (tertiary/aromatic N) is 3. The van der Waals surface area contributed by atoms with E-state index in [0.717, 1.165) is 0 Å². The summed E-state index contributed by atoms with van der Waals surface area (Å²) in [5.41, 5.74) is 0.318. The summed E-state index contributed by atoms with van der Waals surface area (Å²) in [4.78, 5) is 17.6. The van der Waals surface area contributed by atoms with E-state index >= 15 is 0 Å². The van der Waals surface area contributed by atoms with Gasteiger partial charge in [0.2, 0.25) is 5.82 Å². The molecule has 60 valence electrons. The van der Waals surface area contributed by atoms with E-state index in [-0.39, 0.29) is 11.5 Å². The van der Waals surface area contributed by atoms with Crippen molar-refractivity contribution in [2.24, 2.45) is 0 Å². The lowest BCUT2D eigenvalue weighted by molar-refractivity contribution is 0.0690. The normalized spacial score (nSPS) is 9.00. The van der Waals surface area contributed by atoms with Gasteiger partial charge in [0.15, 0.2) is 5.69 Å². The highest BCUT2D eigenvalue weighted by atomic mass is 16.4. The fraction of sp³-hybridized carbons (Fsp3) is 0.143. The third kappa shape index (κ3) is 1.55. The first-order chi connectivity index (χ1) is 5.63. The second-order valence-electron chi connectivity index (χ2n) is 2.14. The van der Waals surface area contributed by atoms with Gasteiger partial charge in [-0.3, -0.25) is 0 Å². The summed E-state index contributed by atoms with van der Waals surface area (Å²) in [6, 6.07) is 2.99. The van der Waals surface area contributed by atoms with Crippen LogP contribution in [-0.2, 0) is 0 Å². The van der Waals surface area contributed by atoms with E-state index in [1.54, 1.807) is 13.0 Å². The van der Waals surface area contributed by atoms with Gasteiger partial charge in [-0.25, -0.2) is 14.8 Å². The maximum absolute atomic E-state index is 10.4. The van der Waals surface area contributed by atoms with Crippen molar-refractivity contribution < 1.29 is 9.90 Å². The summed E-state index contributed by atoms with van der Waals surface area (Å²) in [6.45, 7) is 1.61. The maximum atomic E-state index is 10.4. The van der Waals surface area contributed by atoms with Gasteiger partial charge in [-0.1, -0.05) is 0 Å². The van der Waals surface area contributed by atoms with Crippen LogP contribution in [0.5, 0.6) is 0 Å². The third-order valence-electron chi connectivity index (χ3n) is 1.17. The molecule has 0 fully saturated rings. The summed E-state index contributed by atoms with van der Waals surface area (Å²) in [6.07, 6.45) is 0. The maximum Gasteiger partial charge on any atom is 0.354 e. The topological polar surface area (TPSA) is 86.9 Å². The lowest BCUT2D eigenvalue weighted by atomic mass is 10.3. The molecule has 0 aliphatic rings. The van der Waals surface area contributed by atoms with Crippen LogP contribution < -0.4 is 0 Å². The number of aryl methyl sites for hydroxylation is 1. The number of carbonyl (C=O) groups is 1. The first kappa shape index (κ1) is 8.14. The predicted octanol–water partition coefficient (Wildman–Crippen LogP) is 0.355. The van der Waals surface area contributed by atoms with E-state index in [4.69, 9.17) is 10.4 Å². The van der Waals surface area contributed by atoms with E-state index in [2.05, 4.69) is 9.97 Å². The van der Waals surface area contributed by atoms with Gasteiger partial charge < -0.3 is 5.11 Å². The van der Waals surface area contributed by atoms with E-state index in [0.29, 0.717) is 5.69 Å². The number of carboxylic acids is 1. The standard InChI is InChI=1S/C7H5N3O2/c1-4-2-5(7(11)12)10-6(3-8)9-4/h2H,1H3,(H,11,12). The molecule has 1 aromatic heterocycles. The second-order valence-corrected chi connectivity index (χ2v) is 2.14. The first-order valence-corrected chi connectivity index (χ1v) is 3.12. The minimum absolute atomic E-state index is 0.118. The predicted molar refractivity (Wildman–Crippen MR) is 38.4 cm³/mol. The molecule has 5 nitrogen and oxygen atoms in total. The fourth-order valence-corrected chi connectivity index (χ4v) is 0.728. The Morgan fingerprint density at radius 1 is 1.67 bits per heavy atom. The molecule has 1 aromatic rings. The molecule has 1 heterocycles. The van der Waals surface area contributed by atoms with Crippen LogP contribution in [0.15, 0.2) is 6.07 Å². The second kappa shape index (κ2) is 2.96. The molecular weight excluding hydrogens is 158 g/mol. The summed E-state index contributed by atoms with van der Waals surface area (Å²) in [7, 11) is 0. The van der Waals surface area contributed by atoms with Gasteiger partial charge in [0.25, 0.3) is 0 Å². The molecule has 0 saturated carbocycles. The molecule has 0 aliphatic heterocycles. The zero-order valence-electron chi connectivity index (χ0n) is 6.27. The molecule has 0 aliphatic carbocycles. The minimum atomic E-state index is -1.16. The number of aromatic nitrogens is 2. The monoisotopic (exact) mass is 163 g/mol. The van der Waals surface area contributed by atoms with Crippen LogP contribution in [-0.4, -0.2) is 21.0 Å². The SMILES string of the molecule is Cc1cc(C(=O)O)nc(C#N)n1. The lowest BCUT2D eigenvalue weighted by Gasteiger charge is -1.95. The van der Waals surface area contributed by atoms with Gasteiger partial charge >= 0.3 is 5.97 Å². The average Bonchev–Trinajstić information content (AvgIpc) is 2.03. The molecule has 0 bridgehead atoms. The van der Waals surface area contributed by atoms with Crippen LogP contribution in [0.2, 0.25) is 0 Å². The number of hydrogen-bond acceptors (Lipinski definition) is 4. The van der Waals surface area contributed by atoms with Crippen LogP contribution in [0.1, 0.15) is 22.0 Å². The Morgan fingerprint density at radius 2 is 2.33 bits per heavy atom. The van der Waals surface area contributed by atoms with Crippen molar-refractivity contribution in [2.75, 3.05) is 0 Å². The van der Waals surface area contributed by atoms with Crippen LogP contribution in [0.3, 0.4) is 0 Å². The van der Waals surface area contributed by atoms with Gasteiger partial charge in [0, 0.05) is 5.69 Å². The van der Waals surface area contributed by atoms with Gasteiger partial charge in [0.1, 0.15) is 6.07 Å². The number of hydrogen-bond donors (Lipinski definition) is 1. The Hall–Kier alpha value is -1.96. The Morgan fingerprint density at radius 3 is 2.83 bits per heavy atom. The van der Waals surface area contributed by atoms with Crippen molar-refractivity contribution in [2.45, 2.75) is 6.92 Å². The molecule has 0 radical (unpaired) electrons. The van der Waals surface area contributed by atoms with Crippen molar-refractivity contribution in [3.8, 4) is 6.07 Å². The first-order valence-electron chi connectivity index (χ1n) is 3.12. The lowest BCUT2D eigenvalue weighted by Crippen LogP contribution is -2.04. The molecule has 0 amide bonds. The molecular formula is C7H5N3O2. The van der Waals surface area contributed by atoms with E-state index in [9.17, 15) is 4.79 Å². The molecule has 1 N–H and O–H groups in total. The molecule has 1 rings (SSSR count). The highest BCUT2D eigenvalue weighted by Gasteiger charge is 2.07. The Kier molecular flexibility index (Phi) is 2.01. The van der Waals surface area contributed by atoms with E-state index < -0.39 is 5.97 Å². The van der Waals surface area contributed by atoms with Crippen molar-refractivity contribution in [3.05, 3.63) is 23.3 Å². The van der Waals surface area contributed by atoms with Crippen LogP contribution in [0, 0.1) is 18.3 Å². The average molecular weight is 163 g/mol. The van der Waals surface area contributed by atoms with Gasteiger partial charge in [0.05, 0.1) is 0 Å². The Balaban J connectivity index is 3.26. The molecule has 12 heavy (non-hydrogen) atoms. The van der Waals surface area contributed by atoms with Gasteiger partial charge in [-0.2, -0.15) is 5.26 Å². The van der Waals surface area contributed by atoms with Crippen molar-refractivity contribution >= 4 is 5.97 Å². The van der Waals surface area contributed by atoms with Crippen molar-refractivity contribution in [1.82, 2.24) is 9.97 Å². The van der Waals surface area contributed by atoms with E-state index in [1.165, 1.54) is 6.07 Å². The van der Waals surface area contributed by atoms with Crippen LogP contribution in [0.4, 0.5) is 0 Å². The van der Waals surface area contributed by atoms with Crippen molar-refractivity contribution in [1.29, 1.82) is 5.26 Å². The zero-order chi connectivity index (χ0) is 9.14. The van der Waals surface area contributed by atoms with Gasteiger partial charge in [-0.05, 0) is 13.0 Å². The number of aromatic carboxylic acids is 1. The minimum Gasteiger partial charge on any atom is -0.477 e. The van der Waals surface area contributed by atoms with Crippen LogP contribution >= 0.6 is 0 Å². The molecule has 0 spiro atoms. The molecule has 5 heteroatoms. The smallest absolute Gasteiger partial charge is 0.354 e. The largest absolute Gasteiger partial charge is 0.477 e. The number of carboxylic acid groups (broad SMARTS) is 1. The number of nitriles is 1. The summed E-state index contributed by atoms with van der Waals surface area (Å²) >= 11 is 0. The highest BCUT2D eigenvalue weighted by Crippen LogP contribution is 1.99. The Bertz CT molecular complexity index is 367. The van der Waals surface area contributed by atoms with E-state index in [1.807, 2.05) is 0 Å². The van der Waals surface area contributed by atoms with Crippen molar-refractivity contribution in [3.63, 3.8) is 0 Å². The molecule has 0 atom stereocenters. The fourth-order valence-electron chi connectivity index (χ4n) is 0.728. The highest BCUT2D eigenvalue weighted by molar-refractivity contribution is 5.85. The summed E-state index contributed by atoms with van der Waals surface area (Å²) < 4.78 is 0. The van der Waals surface area contributed by atoms with Crippen LogP contribution in [0.25, 0.3) is 0 Å². The quantitative estimate of drug-likeness (QED) is 0.645.